The Morgan fingerprint density at radius 1 is 1.14 bits per heavy atom. The van der Waals surface area contributed by atoms with Crippen LogP contribution in [0.2, 0.25) is 0 Å². The molecule has 122 valence electrons. The van der Waals surface area contributed by atoms with Gasteiger partial charge in [0.05, 0.1) is 18.9 Å². The summed E-state index contributed by atoms with van der Waals surface area (Å²) < 4.78 is 8.54. The maximum atomic E-state index is 12.1. The van der Waals surface area contributed by atoms with Crippen LogP contribution >= 0.6 is 34.8 Å². The van der Waals surface area contributed by atoms with Gasteiger partial charge in [0.25, 0.3) is 3.79 Å². The monoisotopic (exact) mass is 369 g/mol. The van der Waals surface area contributed by atoms with Gasteiger partial charge in [0.1, 0.15) is 0 Å². The lowest BCUT2D eigenvalue weighted by atomic mass is 10.2. The first-order valence-electron chi connectivity index (χ1n) is 6.35. The van der Waals surface area contributed by atoms with Crippen molar-refractivity contribution in [1.29, 1.82) is 0 Å². The molecule has 1 rings (SSSR count). The first-order chi connectivity index (χ1) is 10.2. The van der Waals surface area contributed by atoms with Gasteiger partial charge in [0.15, 0.2) is 0 Å². The molecule has 22 heavy (non-hydrogen) atoms. The van der Waals surface area contributed by atoms with Crippen LogP contribution in [0.3, 0.4) is 0 Å². The van der Waals surface area contributed by atoms with Gasteiger partial charge >= 0.3 is 11.9 Å². The van der Waals surface area contributed by atoms with Crippen molar-refractivity contribution < 1.29 is 23.9 Å². The third kappa shape index (κ3) is 4.38. The van der Waals surface area contributed by atoms with Gasteiger partial charge in [0, 0.05) is 6.20 Å². The van der Waals surface area contributed by atoms with Gasteiger partial charge in [0.2, 0.25) is 11.8 Å². The molecule has 0 N–H and O–H groups in total. The molecule has 0 radical (unpaired) electrons. The van der Waals surface area contributed by atoms with Crippen LogP contribution in [0.4, 0.5) is 0 Å². The van der Waals surface area contributed by atoms with Gasteiger partial charge in [-0.25, -0.2) is 9.59 Å². The van der Waals surface area contributed by atoms with E-state index in [4.69, 9.17) is 44.3 Å². The van der Waals surface area contributed by atoms with E-state index < -0.39 is 27.6 Å². The Labute approximate surface area is 142 Å². The molecule has 1 aromatic rings. The largest absolute Gasteiger partial charge is 0.464 e. The smallest absolute Gasteiger partial charge is 0.340 e. The van der Waals surface area contributed by atoms with Gasteiger partial charge < -0.3 is 14.0 Å². The van der Waals surface area contributed by atoms with E-state index in [1.54, 1.807) is 13.8 Å². The predicted octanol–water partition coefficient (Wildman–Crippen LogP) is 2.71. The number of carbonyl (C=O) groups is 3. The Hall–Kier alpha value is -1.24. The summed E-state index contributed by atoms with van der Waals surface area (Å²) in [6.07, 6.45) is 1.34. The number of halogens is 3. The molecule has 0 saturated heterocycles. The lowest BCUT2D eigenvalue weighted by Crippen LogP contribution is -2.34. The lowest BCUT2D eigenvalue weighted by molar-refractivity contribution is -0.160. The minimum absolute atomic E-state index is 0.0593. The van der Waals surface area contributed by atoms with Gasteiger partial charge in [-0.05, 0) is 26.0 Å². The molecule has 0 amide bonds. The number of esters is 2. The van der Waals surface area contributed by atoms with Crippen LogP contribution in [-0.2, 0) is 19.1 Å². The molecule has 0 aromatic carbocycles. The Bertz CT molecular complexity index is 546. The number of hydrogen-bond donors (Lipinski definition) is 0. The number of aromatic nitrogens is 1. The van der Waals surface area contributed by atoms with Crippen molar-refractivity contribution in [2.24, 2.45) is 0 Å². The molecular formula is C13H14Cl3NO5. The molecule has 0 atom stereocenters. The van der Waals surface area contributed by atoms with E-state index in [0.717, 1.165) is 4.57 Å². The number of rotatable bonds is 6. The fourth-order valence-electron chi connectivity index (χ4n) is 1.72. The Balaban J connectivity index is 3.27. The molecule has 0 bridgehead atoms. The summed E-state index contributed by atoms with van der Waals surface area (Å²) in [5.74, 6) is -2.60. The lowest BCUT2D eigenvalue weighted by Gasteiger charge is -2.19. The SMILES string of the molecule is CCOC(=O)C(C(=O)OCC)n1cccc1C(=O)C(Cl)(Cl)Cl. The molecule has 0 saturated carbocycles. The van der Waals surface area contributed by atoms with Crippen molar-refractivity contribution in [3.63, 3.8) is 0 Å². The van der Waals surface area contributed by atoms with E-state index in [0.29, 0.717) is 0 Å². The number of hydrogen-bond acceptors (Lipinski definition) is 5. The first kappa shape index (κ1) is 18.8. The predicted molar refractivity (Wildman–Crippen MR) is 81.4 cm³/mol. The fraction of sp³-hybridized carbons (Fsp3) is 0.462. The van der Waals surface area contributed by atoms with Gasteiger partial charge in [-0.1, -0.05) is 34.8 Å². The van der Waals surface area contributed by atoms with Gasteiger partial charge in [-0.3, -0.25) is 4.79 Å². The molecular weight excluding hydrogens is 357 g/mol. The van der Waals surface area contributed by atoms with Crippen LogP contribution in [0.5, 0.6) is 0 Å². The second-order valence-electron chi connectivity index (χ2n) is 4.03. The highest BCUT2D eigenvalue weighted by molar-refractivity contribution is 6.77. The zero-order chi connectivity index (χ0) is 16.9. The molecule has 0 spiro atoms. The Kier molecular flexibility index (Phi) is 6.71. The van der Waals surface area contributed by atoms with E-state index in [9.17, 15) is 14.4 Å². The standard InChI is InChI=1S/C13H14Cl3NO5/c1-3-21-11(19)9(12(20)22-4-2)17-7-5-6-8(17)10(18)13(14,15)16/h5-7,9H,3-4H2,1-2H3. The zero-order valence-electron chi connectivity index (χ0n) is 11.8. The van der Waals surface area contributed by atoms with Crippen molar-refractivity contribution in [1.82, 2.24) is 4.57 Å². The van der Waals surface area contributed by atoms with Crippen LogP contribution < -0.4 is 0 Å². The van der Waals surface area contributed by atoms with E-state index in [1.807, 2.05) is 0 Å². The molecule has 0 unspecified atom stereocenters. The maximum Gasteiger partial charge on any atom is 0.340 e. The number of nitrogens with zero attached hydrogens (tertiary/aromatic N) is 1. The van der Waals surface area contributed by atoms with Crippen molar-refractivity contribution in [2.45, 2.75) is 23.7 Å². The molecule has 0 aliphatic heterocycles. The third-order valence-electron chi connectivity index (χ3n) is 2.57. The summed E-state index contributed by atoms with van der Waals surface area (Å²) in [4.78, 5) is 36.1. The quantitative estimate of drug-likeness (QED) is 0.333. The van der Waals surface area contributed by atoms with E-state index in [-0.39, 0.29) is 18.9 Å². The Morgan fingerprint density at radius 2 is 1.64 bits per heavy atom. The number of alkyl halides is 3. The van der Waals surface area contributed by atoms with Crippen molar-refractivity contribution in [2.75, 3.05) is 13.2 Å². The minimum atomic E-state index is -2.22. The molecule has 1 aromatic heterocycles. The summed E-state index contributed by atoms with van der Waals surface area (Å²) >= 11 is 16.7. The minimum Gasteiger partial charge on any atom is -0.464 e. The van der Waals surface area contributed by atoms with Crippen LogP contribution in [-0.4, -0.2) is 39.3 Å². The molecule has 6 nitrogen and oxygen atoms in total. The third-order valence-corrected chi connectivity index (χ3v) is 3.08. The summed E-state index contributed by atoms with van der Waals surface area (Å²) in [7, 11) is 0. The second kappa shape index (κ2) is 7.85. The molecule has 0 aliphatic carbocycles. The van der Waals surface area contributed by atoms with Gasteiger partial charge in [-0.2, -0.15) is 0 Å². The highest BCUT2D eigenvalue weighted by Crippen LogP contribution is 2.31. The molecule has 1 heterocycles. The van der Waals surface area contributed by atoms with Crippen LogP contribution in [0.1, 0.15) is 30.4 Å². The normalized spacial score (nSPS) is 11.4. The van der Waals surface area contributed by atoms with Crippen molar-refractivity contribution in [3.05, 3.63) is 24.0 Å². The summed E-state index contributed by atoms with van der Waals surface area (Å²) in [6.45, 7) is 3.29. The highest BCUT2D eigenvalue weighted by atomic mass is 35.6. The van der Waals surface area contributed by atoms with Crippen molar-refractivity contribution >= 4 is 52.5 Å². The fourth-order valence-corrected chi connectivity index (χ4v) is 2.01. The zero-order valence-corrected chi connectivity index (χ0v) is 14.1. The summed E-state index contributed by atoms with van der Waals surface area (Å²) in [5, 5.41) is 0. The van der Waals surface area contributed by atoms with Crippen LogP contribution in [0, 0.1) is 0 Å². The molecule has 9 heteroatoms. The van der Waals surface area contributed by atoms with Gasteiger partial charge in [-0.15, -0.1) is 0 Å². The van der Waals surface area contributed by atoms with E-state index in [2.05, 4.69) is 0 Å². The van der Waals surface area contributed by atoms with E-state index >= 15 is 0 Å². The van der Waals surface area contributed by atoms with Crippen molar-refractivity contribution in [3.8, 4) is 0 Å². The number of Topliss-reactive ketones (excluding diaryl/α,β-unsaturated/α-hetero) is 1. The topological polar surface area (TPSA) is 74.6 Å². The van der Waals surface area contributed by atoms with E-state index in [1.165, 1.54) is 18.3 Å². The summed E-state index contributed by atoms with van der Waals surface area (Å²) in [5.41, 5.74) is -0.119. The highest BCUT2D eigenvalue weighted by Gasteiger charge is 2.38. The molecule has 0 aliphatic rings. The average molecular weight is 371 g/mol. The number of carbonyl (C=O) groups excluding carboxylic acids is 3. The molecule has 0 fully saturated rings. The second-order valence-corrected chi connectivity index (χ2v) is 6.32. The Morgan fingerprint density at radius 3 is 2.05 bits per heavy atom. The average Bonchev–Trinajstić information content (AvgIpc) is 2.86. The van der Waals surface area contributed by atoms with Crippen LogP contribution in [0.25, 0.3) is 0 Å². The summed E-state index contributed by atoms with van der Waals surface area (Å²) in [6, 6.07) is 1.28. The first-order valence-corrected chi connectivity index (χ1v) is 7.49. The number of ether oxygens (including phenoxy) is 2. The maximum absolute atomic E-state index is 12.1. The number of ketones is 1. The van der Waals surface area contributed by atoms with Crippen LogP contribution in [0.15, 0.2) is 18.3 Å².